The van der Waals surface area contributed by atoms with Gasteiger partial charge < -0.3 is 10.1 Å². The molecule has 0 atom stereocenters. The van der Waals surface area contributed by atoms with Crippen molar-refractivity contribution in [3.8, 4) is 0 Å². The second-order valence-corrected chi connectivity index (χ2v) is 8.70. The molecule has 0 heterocycles. The van der Waals surface area contributed by atoms with Gasteiger partial charge in [-0.15, -0.1) is 0 Å². The summed E-state index contributed by atoms with van der Waals surface area (Å²) in [5, 5.41) is 13.2. The number of rotatable bonds is 8. The van der Waals surface area contributed by atoms with Crippen molar-refractivity contribution < 1.29 is 32.1 Å². The summed E-state index contributed by atoms with van der Waals surface area (Å²) in [6.07, 6.45) is 0. The molecule has 0 aliphatic rings. The first-order chi connectivity index (χ1) is 16.1. The number of non-ortho nitro benzene ring substituents is 1. The van der Waals surface area contributed by atoms with E-state index in [4.69, 9.17) is 4.74 Å². The van der Waals surface area contributed by atoms with Gasteiger partial charge in [0, 0.05) is 12.1 Å². The fourth-order valence-electron chi connectivity index (χ4n) is 2.83. The van der Waals surface area contributed by atoms with Crippen molar-refractivity contribution in [1.29, 1.82) is 0 Å². The lowest BCUT2D eigenvalue weighted by Gasteiger charge is -2.12. The number of benzene rings is 3. The molecule has 0 aliphatic carbocycles. The number of nitro groups is 1. The molecule has 0 aliphatic heterocycles. The number of halogens is 1. The minimum atomic E-state index is -4.29. The lowest BCUT2D eigenvalue weighted by atomic mass is 10.2. The highest BCUT2D eigenvalue weighted by atomic mass is 32.2. The van der Waals surface area contributed by atoms with Gasteiger partial charge in [-0.25, -0.2) is 17.6 Å². The molecule has 34 heavy (non-hydrogen) atoms. The average molecular weight is 487 g/mol. The van der Waals surface area contributed by atoms with E-state index in [0.717, 1.165) is 18.2 Å². The van der Waals surface area contributed by atoms with Crippen molar-refractivity contribution in [2.24, 2.45) is 0 Å². The highest BCUT2D eigenvalue weighted by molar-refractivity contribution is 7.92. The van der Waals surface area contributed by atoms with Gasteiger partial charge in [-0.1, -0.05) is 24.3 Å². The fraction of sp³-hybridized carbons (Fsp3) is 0.0909. The standard InChI is InChI=1S/C22H18FN3O7S/c1-14-9-10-20(18(23)11-14)24-21(27)13-33-22(28)17-7-2-3-8-19(17)25-34(31,32)16-6-4-5-15(12-16)26(29)30/h2-12,25H,13H2,1H3,(H,24,27). The van der Waals surface area contributed by atoms with E-state index in [1.165, 1.54) is 42.5 Å². The number of ether oxygens (including phenoxy) is 1. The zero-order valence-electron chi connectivity index (χ0n) is 17.6. The number of amides is 1. The Labute approximate surface area is 193 Å². The van der Waals surface area contributed by atoms with E-state index in [1.54, 1.807) is 13.0 Å². The van der Waals surface area contributed by atoms with Gasteiger partial charge in [0.15, 0.2) is 6.61 Å². The molecular weight excluding hydrogens is 469 g/mol. The van der Waals surface area contributed by atoms with E-state index in [9.17, 15) is 32.5 Å². The largest absolute Gasteiger partial charge is 0.452 e. The van der Waals surface area contributed by atoms with Crippen LogP contribution in [0.4, 0.5) is 21.5 Å². The Morgan fingerprint density at radius 1 is 1.03 bits per heavy atom. The van der Waals surface area contributed by atoms with Crippen LogP contribution < -0.4 is 10.0 Å². The summed E-state index contributed by atoms with van der Waals surface area (Å²) in [6.45, 7) is 0.930. The third-order valence-corrected chi connectivity index (χ3v) is 5.83. The van der Waals surface area contributed by atoms with Crippen molar-refractivity contribution in [3.05, 3.63) is 93.8 Å². The molecule has 0 fully saturated rings. The molecule has 3 aromatic carbocycles. The number of para-hydroxylation sites is 1. The van der Waals surface area contributed by atoms with Crippen LogP contribution in [0, 0.1) is 22.9 Å². The summed E-state index contributed by atoms with van der Waals surface area (Å²) in [5.41, 5.74) is -0.218. The van der Waals surface area contributed by atoms with Gasteiger partial charge in [0.2, 0.25) is 0 Å². The van der Waals surface area contributed by atoms with Gasteiger partial charge in [-0.05, 0) is 42.8 Å². The third kappa shape index (κ3) is 5.92. The van der Waals surface area contributed by atoms with Crippen LogP contribution in [0.1, 0.15) is 15.9 Å². The van der Waals surface area contributed by atoms with Gasteiger partial charge >= 0.3 is 5.97 Å². The molecular formula is C22H18FN3O7S. The van der Waals surface area contributed by atoms with Crippen LogP contribution in [-0.4, -0.2) is 31.8 Å². The van der Waals surface area contributed by atoms with E-state index < -0.39 is 44.9 Å². The third-order valence-electron chi connectivity index (χ3n) is 4.46. The predicted octanol–water partition coefficient (Wildman–Crippen LogP) is 3.64. The van der Waals surface area contributed by atoms with Crippen LogP contribution >= 0.6 is 0 Å². The maximum Gasteiger partial charge on any atom is 0.340 e. The number of hydrogen-bond donors (Lipinski definition) is 2. The van der Waals surface area contributed by atoms with Gasteiger partial charge in [0.25, 0.3) is 21.6 Å². The second kappa shape index (κ2) is 10.1. The van der Waals surface area contributed by atoms with Crippen LogP contribution in [0.3, 0.4) is 0 Å². The number of esters is 1. The summed E-state index contributed by atoms with van der Waals surface area (Å²) in [4.78, 5) is 34.4. The van der Waals surface area contributed by atoms with Gasteiger partial charge in [0.1, 0.15) is 5.82 Å². The zero-order valence-corrected chi connectivity index (χ0v) is 18.5. The van der Waals surface area contributed by atoms with E-state index in [2.05, 4.69) is 10.0 Å². The molecule has 0 radical (unpaired) electrons. The number of carbonyl (C=O) groups is 2. The lowest BCUT2D eigenvalue weighted by molar-refractivity contribution is -0.385. The minimum absolute atomic E-state index is 0.0863. The number of aryl methyl sites for hydroxylation is 1. The number of nitrogens with zero attached hydrogens (tertiary/aromatic N) is 1. The second-order valence-electron chi connectivity index (χ2n) is 7.01. The summed E-state index contributed by atoms with van der Waals surface area (Å²) >= 11 is 0. The highest BCUT2D eigenvalue weighted by Crippen LogP contribution is 2.23. The van der Waals surface area contributed by atoms with E-state index in [-0.39, 0.29) is 21.8 Å². The van der Waals surface area contributed by atoms with Gasteiger partial charge in [0.05, 0.1) is 26.8 Å². The van der Waals surface area contributed by atoms with Gasteiger partial charge in [-0.3, -0.25) is 19.6 Å². The van der Waals surface area contributed by atoms with Crippen LogP contribution in [-0.2, 0) is 19.6 Å². The molecule has 176 valence electrons. The molecule has 2 N–H and O–H groups in total. The first-order valence-corrected chi connectivity index (χ1v) is 11.1. The maximum atomic E-state index is 13.9. The smallest absolute Gasteiger partial charge is 0.340 e. The fourth-order valence-corrected chi connectivity index (χ4v) is 3.95. The van der Waals surface area contributed by atoms with Crippen molar-refractivity contribution in [3.63, 3.8) is 0 Å². The van der Waals surface area contributed by atoms with Crippen LogP contribution in [0.5, 0.6) is 0 Å². The van der Waals surface area contributed by atoms with Crippen LogP contribution in [0.25, 0.3) is 0 Å². The molecule has 0 saturated carbocycles. The predicted molar refractivity (Wildman–Crippen MR) is 120 cm³/mol. The topological polar surface area (TPSA) is 145 Å². The molecule has 1 amide bonds. The summed E-state index contributed by atoms with van der Waals surface area (Å²) < 4.78 is 46.4. The Morgan fingerprint density at radius 3 is 2.47 bits per heavy atom. The molecule has 10 nitrogen and oxygen atoms in total. The first kappa shape index (κ1) is 24.3. The zero-order chi connectivity index (χ0) is 24.9. The molecule has 0 bridgehead atoms. The molecule has 3 rings (SSSR count). The number of hydrogen-bond acceptors (Lipinski definition) is 7. The number of anilines is 2. The molecule has 0 spiro atoms. The monoisotopic (exact) mass is 487 g/mol. The van der Waals surface area contributed by atoms with Crippen molar-refractivity contribution >= 4 is 39.0 Å². The Bertz CT molecular complexity index is 1380. The van der Waals surface area contributed by atoms with E-state index in [1.807, 2.05) is 0 Å². The number of nitrogens with one attached hydrogen (secondary N) is 2. The number of nitro benzene ring substituents is 1. The van der Waals surface area contributed by atoms with Crippen LogP contribution in [0.2, 0.25) is 0 Å². The molecule has 0 aromatic heterocycles. The maximum absolute atomic E-state index is 13.9. The molecule has 12 heteroatoms. The summed E-state index contributed by atoms with van der Waals surface area (Å²) in [5.74, 6) is -2.47. The lowest BCUT2D eigenvalue weighted by Crippen LogP contribution is -2.22. The highest BCUT2D eigenvalue weighted by Gasteiger charge is 2.22. The van der Waals surface area contributed by atoms with Crippen molar-refractivity contribution in [2.45, 2.75) is 11.8 Å². The van der Waals surface area contributed by atoms with E-state index >= 15 is 0 Å². The first-order valence-electron chi connectivity index (χ1n) is 9.66. The molecule has 0 saturated heterocycles. The van der Waals surface area contributed by atoms with Gasteiger partial charge in [-0.2, -0.15) is 0 Å². The Morgan fingerprint density at radius 2 is 1.76 bits per heavy atom. The van der Waals surface area contributed by atoms with E-state index in [0.29, 0.717) is 5.56 Å². The van der Waals surface area contributed by atoms with Crippen molar-refractivity contribution in [2.75, 3.05) is 16.6 Å². The number of sulfonamides is 1. The minimum Gasteiger partial charge on any atom is -0.452 e. The molecule has 0 unspecified atom stereocenters. The summed E-state index contributed by atoms with van der Waals surface area (Å²) in [6, 6.07) is 14.0. The van der Waals surface area contributed by atoms with Crippen molar-refractivity contribution in [1.82, 2.24) is 0 Å². The quantitative estimate of drug-likeness (QED) is 0.280. The number of carbonyl (C=O) groups excluding carboxylic acids is 2. The Hall–Kier alpha value is -4.32. The normalized spacial score (nSPS) is 10.9. The SMILES string of the molecule is Cc1ccc(NC(=O)COC(=O)c2ccccc2NS(=O)(=O)c2cccc([N+](=O)[O-])c2)c(F)c1. The summed E-state index contributed by atoms with van der Waals surface area (Å²) in [7, 11) is -4.29. The average Bonchev–Trinajstić information content (AvgIpc) is 2.79. The van der Waals surface area contributed by atoms with Crippen LogP contribution in [0.15, 0.2) is 71.6 Å². The Balaban J connectivity index is 1.72. The Kier molecular flexibility index (Phi) is 7.21. The molecule has 3 aromatic rings.